The number of rotatable bonds is 17. The lowest BCUT2D eigenvalue weighted by atomic mass is 10.2. The Morgan fingerprint density at radius 2 is 1.12 bits per heavy atom. The average molecular weight is 367 g/mol. The molecule has 0 aliphatic heterocycles. The third kappa shape index (κ3) is 9.21. The monoisotopic (exact) mass is 366 g/mol. The summed E-state index contributed by atoms with van der Waals surface area (Å²) in [5.74, 6) is 0. The summed E-state index contributed by atoms with van der Waals surface area (Å²) in [5.41, 5.74) is 0. The van der Waals surface area contributed by atoms with Gasteiger partial charge in [0.05, 0.1) is 14.8 Å². The van der Waals surface area contributed by atoms with E-state index in [1.165, 1.54) is 82.7 Å². The Kier molecular flexibility index (Phi) is 14.5. The molecular weight excluding hydrogens is 320 g/mol. The molecule has 0 aromatic heterocycles. The molecule has 148 valence electrons. The molecule has 0 amide bonds. The molecule has 2 nitrogen and oxygen atoms in total. The molecule has 0 aromatic carbocycles. The van der Waals surface area contributed by atoms with Gasteiger partial charge in [0.15, 0.2) is 0 Å². The Bertz CT molecular complexity index is 318. The fourth-order valence-corrected chi connectivity index (χ4v) is 5.59. The smallest absolute Gasteiger partial charge is 0.0950 e. The molecule has 0 rings (SSSR count). The molecule has 0 aliphatic carbocycles. The summed E-state index contributed by atoms with van der Waals surface area (Å²) in [5, 5.41) is 1.50. The quantitative estimate of drug-likeness (QED) is 0.195. The molecule has 0 N–H and O–H groups in total. The van der Waals surface area contributed by atoms with Gasteiger partial charge in [0.25, 0.3) is 0 Å². The van der Waals surface area contributed by atoms with Crippen molar-refractivity contribution in [2.75, 3.05) is 26.2 Å². The van der Waals surface area contributed by atoms with Gasteiger partial charge in [-0.05, 0) is 58.8 Å². The van der Waals surface area contributed by atoms with Crippen LogP contribution >= 0.6 is 0 Å². The van der Waals surface area contributed by atoms with Crippen LogP contribution in [0.2, 0.25) is 0 Å². The summed E-state index contributed by atoms with van der Waals surface area (Å²) in [7, 11) is -0.514. The second kappa shape index (κ2) is 14.8. The van der Waals surface area contributed by atoms with Crippen LogP contribution in [0.5, 0.6) is 0 Å². The van der Waals surface area contributed by atoms with Gasteiger partial charge in [-0.1, -0.05) is 71.2 Å². The van der Waals surface area contributed by atoms with Crippen LogP contribution in [0.15, 0.2) is 24.4 Å². The molecule has 0 fully saturated rings. The first-order valence-corrected chi connectivity index (χ1v) is 12.2. The number of allylic oxidation sites excluding steroid dienone is 2. The number of nitrogens with zero attached hydrogens (tertiary/aromatic N) is 2. The Labute approximate surface area is 161 Å². The molecule has 0 atom stereocenters. The van der Waals surface area contributed by atoms with E-state index >= 15 is 0 Å². The highest BCUT2D eigenvalue weighted by molar-refractivity contribution is 6.49. The van der Waals surface area contributed by atoms with Crippen LogP contribution in [0.1, 0.15) is 86.0 Å². The van der Waals surface area contributed by atoms with Crippen molar-refractivity contribution in [1.29, 1.82) is 0 Å². The van der Waals surface area contributed by atoms with E-state index < -0.39 is 9.52 Å². The summed E-state index contributed by atoms with van der Waals surface area (Å²) in [6.45, 7) is 25.0. The fourth-order valence-electron chi connectivity index (χ4n) is 3.51. The van der Waals surface area contributed by atoms with E-state index in [9.17, 15) is 0 Å². The second-order valence-corrected chi connectivity index (χ2v) is 10.2. The fraction of sp³-hybridized carbons (Fsp3) is 0.818. The second-order valence-electron chi connectivity index (χ2n) is 7.64. The zero-order valence-corrected chi connectivity index (χ0v) is 19.5. The standard InChI is InChI=1S/C22H46N2Si/c1-8-13-17-23(18-14-9-2)22(7,25-21(6)12-5)24(19-15-10-3)20-16-11-4/h12H,5-6,8-11,13-20,25H2,1-4,7H3. The molecule has 0 heterocycles. The molecule has 3 heteroatoms. The van der Waals surface area contributed by atoms with Gasteiger partial charge in [-0.3, -0.25) is 9.80 Å². The summed E-state index contributed by atoms with van der Waals surface area (Å²) in [4.78, 5) is 5.62. The van der Waals surface area contributed by atoms with Gasteiger partial charge < -0.3 is 0 Å². The SMILES string of the molecule is C=CC(=C)[SiH2]C(C)(N(CCCC)CCCC)N(CCCC)CCCC. The van der Waals surface area contributed by atoms with Crippen molar-refractivity contribution in [1.82, 2.24) is 9.80 Å². The van der Waals surface area contributed by atoms with E-state index in [1.54, 1.807) is 0 Å². The molecular formula is C22H46N2Si. The highest BCUT2D eigenvalue weighted by Gasteiger charge is 2.37. The van der Waals surface area contributed by atoms with Gasteiger partial charge in [-0.25, -0.2) is 0 Å². The lowest BCUT2D eigenvalue weighted by molar-refractivity contribution is 0.0124. The van der Waals surface area contributed by atoms with Crippen molar-refractivity contribution in [2.24, 2.45) is 0 Å². The van der Waals surface area contributed by atoms with Gasteiger partial charge in [0.1, 0.15) is 0 Å². The zero-order chi connectivity index (χ0) is 19.1. The summed E-state index contributed by atoms with van der Waals surface area (Å²) < 4.78 is 0. The topological polar surface area (TPSA) is 6.48 Å². The van der Waals surface area contributed by atoms with E-state index in [0.717, 1.165) is 0 Å². The van der Waals surface area contributed by atoms with E-state index in [1.807, 2.05) is 6.08 Å². The summed E-state index contributed by atoms with van der Waals surface area (Å²) in [6, 6.07) is 0. The van der Waals surface area contributed by atoms with Crippen molar-refractivity contribution in [3.8, 4) is 0 Å². The van der Waals surface area contributed by atoms with Crippen LogP contribution in [0.4, 0.5) is 0 Å². The van der Waals surface area contributed by atoms with Crippen LogP contribution in [-0.4, -0.2) is 50.8 Å². The first-order chi connectivity index (χ1) is 12.0. The van der Waals surface area contributed by atoms with E-state index in [4.69, 9.17) is 0 Å². The van der Waals surface area contributed by atoms with Crippen molar-refractivity contribution in [2.45, 2.75) is 91.3 Å². The first kappa shape index (κ1) is 24.6. The molecule has 0 bridgehead atoms. The van der Waals surface area contributed by atoms with Crippen LogP contribution in [0.3, 0.4) is 0 Å². The Hall–Kier alpha value is -0.383. The minimum atomic E-state index is -0.514. The van der Waals surface area contributed by atoms with Gasteiger partial charge in [0.2, 0.25) is 0 Å². The summed E-state index contributed by atoms with van der Waals surface area (Å²) in [6.07, 6.45) is 12.3. The number of hydrogen-bond acceptors (Lipinski definition) is 2. The maximum Gasteiger partial charge on any atom is 0.0950 e. The summed E-state index contributed by atoms with van der Waals surface area (Å²) >= 11 is 0. The van der Waals surface area contributed by atoms with Crippen molar-refractivity contribution < 1.29 is 0 Å². The third-order valence-corrected chi connectivity index (χ3v) is 7.65. The number of unbranched alkanes of at least 4 members (excludes halogenated alkanes) is 4. The van der Waals surface area contributed by atoms with E-state index in [0.29, 0.717) is 0 Å². The highest BCUT2D eigenvalue weighted by Crippen LogP contribution is 2.25. The van der Waals surface area contributed by atoms with Crippen LogP contribution in [-0.2, 0) is 0 Å². The van der Waals surface area contributed by atoms with Gasteiger partial charge >= 0.3 is 0 Å². The van der Waals surface area contributed by atoms with Crippen LogP contribution < -0.4 is 0 Å². The van der Waals surface area contributed by atoms with Gasteiger partial charge in [0, 0.05) is 0 Å². The molecule has 0 aromatic rings. The molecule has 0 unspecified atom stereocenters. The minimum Gasteiger partial charge on any atom is -0.289 e. The minimum absolute atomic E-state index is 0.194. The van der Waals surface area contributed by atoms with Crippen molar-refractivity contribution >= 4 is 9.52 Å². The maximum absolute atomic E-state index is 4.33. The van der Waals surface area contributed by atoms with Crippen LogP contribution in [0, 0.1) is 0 Å². The molecule has 0 saturated carbocycles. The van der Waals surface area contributed by atoms with Crippen LogP contribution in [0.25, 0.3) is 0 Å². The molecule has 0 saturated heterocycles. The van der Waals surface area contributed by atoms with Gasteiger partial charge in [-0.15, -0.1) is 6.58 Å². The Balaban J connectivity index is 5.59. The Morgan fingerprint density at radius 3 is 1.36 bits per heavy atom. The van der Waals surface area contributed by atoms with E-state index in [2.05, 4.69) is 57.6 Å². The zero-order valence-electron chi connectivity index (χ0n) is 18.1. The lowest BCUT2D eigenvalue weighted by Gasteiger charge is -2.50. The first-order valence-electron chi connectivity index (χ1n) is 10.8. The third-order valence-electron chi connectivity index (χ3n) is 5.34. The predicted molar refractivity (Wildman–Crippen MR) is 119 cm³/mol. The van der Waals surface area contributed by atoms with Gasteiger partial charge in [-0.2, -0.15) is 0 Å². The van der Waals surface area contributed by atoms with Crippen molar-refractivity contribution in [3.05, 3.63) is 24.4 Å². The molecule has 0 aliphatic rings. The highest BCUT2D eigenvalue weighted by atomic mass is 28.2. The lowest BCUT2D eigenvalue weighted by Crippen LogP contribution is -2.63. The normalized spacial score (nSPS) is 12.6. The largest absolute Gasteiger partial charge is 0.289 e. The number of hydrogen-bond donors (Lipinski definition) is 0. The average Bonchev–Trinajstić information content (AvgIpc) is 2.61. The van der Waals surface area contributed by atoms with Crippen molar-refractivity contribution in [3.63, 3.8) is 0 Å². The Morgan fingerprint density at radius 1 is 0.800 bits per heavy atom. The van der Waals surface area contributed by atoms with E-state index in [-0.39, 0.29) is 5.29 Å². The molecule has 0 radical (unpaired) electrons. The predicted octanol–water partition coefficient (Wildman–Crippen LogP) is 5.33. The maximum atomic E-state index is 4.33. The molecule has 0 spiro atoms. The molecule has 25 heavy (non-hydrogen) atoms.